The molecule has 0 aliphatic carbocycles. The summed E-state index contributed by atoms with van der Waals surface area (Å²) in [5.41, 5.74) is 1.20. The molecule has 8 heteroatoms. The van der Waals surface area contributed by atoms with Gasteiger partial charge in [-0.05, 0) is 32.5 Å². The number of rotatable bonds is 13. The Balaban J connectivity index is 2.15. The van der Waals surface area contributed by atoms with E-state index in [9.17, 15) is 4.79 Å². The SMILES string of the molecule is CCCN(CCC)C(=O)CSc1nc(Cl)cc(N(CCN(C)C)Cc2ccccc2)n1. The number of nitrogens with zero attached hydrogens (tertiary/aromatic N) is 5. The standard InChI is InChI=1S/C23H34ClN5OS/c1-5-12-28(13-6-2)22(30)18-31-23-25-20(24)16-21(26-23)29(15-14-27(3)4)17-19-10-8-7-9-11-19/h7-11,16H,5-6,12-15,17-18H2,1-4H3. The van der Waals surface area contributed by atoms with Crippen LogP contribution in [0.3, 0.4) is 0 Å². The maximum atomic E-state index is 12.6. The van der Waals surface area contributed by atoms with Crippen LogP contribution in [0.4, 0.5) is 5.82 Å². The van der Waals surface area contributed by atoms with E-state index in [-0.39, 0.29) is 5.91 Å². The van der Waals surface area contributed by atoms with Crippen LogP contribution in [-0.4, -0.2) is 71.7 Å². The van der Waals surface area contributed by atoms with E-state index in [2.05, 4.69) is 54.9 Å². The summed E-state index contributed by atoms with van der Waals surface area (Å²) in [5, 5.41) is 0.925. The fraction of sp³-hybridized carbons (Fsp3) is 0.522. The van der Waals surface area contributed by atoms with Gasteiger partial charge in [-0.15, -0.1) is 0 Å². The Morgan fingerprint density at radius 3 is 2.29 bits per heavy atom. The molecule has 0 fully saturated rings. The topological polar surface area (TPSA) is 52.6 Å². The second-order valence-corrected chi connectivity index (χ2v) is 9.04. The van der Waals surface area contributed by atoms with Crippen molar-refractivity contribution in [3.05, 3.63) is 47.1 Å². The van der Waals surface area contributed by atoms with Gasteiger partial charge in [-0.2, -0.15) is 0 Å². The highest BCUT2D eigenvalue weighted by atomic mass is 35.5. The van der Waals surface area contributed by atoms with E-state index in [1.54, 1.807) is 6.07 Å². The van der Waals surface area contributed by atoms with Crippen molar-refractivity contribution < 1.29 is 4.79 Å². The molecular formula is C23H34ClN5OS. The van der Waals surface area contributed by atoms with Crippen LogP contribution >= 0.6 is 23.4 Å². The van der Waals surface area contributed by atoms with Crippen molar-refractivity contribution in [2.75, 3.05) is 50.9 Å². The van der Waals surface area contributed by atoms with Crippen molar-refractivity contribution in [1.82, 2.24) is 19.8 Å². The zero-order valence-electron chi connectivity index (χ0n) is 19.1. The lowest BCUT2D eigenvalue weighted by molar-refractivity contribution is -0.128. The lowest BCUT2D eigenvalue weighted by Crippen LogP contribution is -2.34. The van der Waals surface area contributed by atoms with E-state index in [0.717, 1.165) is 51.4 Å². The fourth-order valence-electron chi connectivity index (χ4n) is 3.13. The first kappa shape index (κ1) is 25.4. The summed E-state index contributed by atoms with van der Waals surface area (Å²) in [7, 11) is 4.11. The molecule has 0 unspecified atom stereocenters. The highest BCUT2D eigenvalue weighted by Gasteiger charge is 2.16. The van der Waals surface area contributed by atoms with Crippen LogP contribution in [0.2, 0.25) is 5.15 Å². The number of likely N-dealkylation sites (N-methyl/N-ethyl adjacent to an activating group) is 1. The lowest BCUT2D eigenvalue weighted by atomic mass is 10.2. The van der Waals surface area contributed by atoms with Crippen molar-refractivity contribution in [1.29, 1.82) is 0 Å². The second kappa shape index (κ2) is 13.6. The monoisotopic (exact) mass is 463 g/mol. The van der Waals surface area contributed by atoms with E-state index in [0.29, 0.717) is 16.1 Å². The Morgan fingerprint density at radius 2 is 1.68 bits per heavy atom. The number of aromatic nitrogens is 2. The molecule has 0 bridgehead atoms. The predicted octanol–water partition coefficient (Wildman–Crippen LogP) is 4.44. The number of hydrogen-bond acceptors (Lipinski definition) is 6. The van der Waals surface area contributed by atoms with E-state index in [4.69, 9.17) is 16.6 Å². The van der Waals surface area contributed by atoms with Crippen molar-refractivity contribution in [2.45, 2.75) is 38.4 Å². The molecule has 0 N–H and O–H groups in total. The highest BCUT2D eigenvalue weighted by molar-refractivity contribution is 7.99. The molecule has 6 nitrogen and oxygen atoms in total. The first-order chi connectivity index (χ1) is 14.9. The molecule has 0 spiro atoms. The molecule has 170 valence electrons. The number of hydrogen-bond donors (Lipinski definition) is 0. The maximum Gasteiger partial charge on any atom is 0.233 e. The summed E-state index contributed by atoms with van der Waals surface area (Å²) in [6.45, 7) is 8.16. The molecule has 0 saturated heterocycles. The Morgan fingerprint density at radius 1 is 1.00 bits per heavy atom. The number of benzene rings is 1. The van der Waals surface area contributed by atoms with E-state index in [1.807, 2.05) is 23.1 Å². The van der Waals surface area contributed by atoms with Crippen LogP contribution in [0, 0.1) is 0 Å². The van der Waals surface area contributed by atoms with Gasteiger partial charge in [0.1, 0.15) is 11.0 Å². The predicted molar refractivity (Wildman–Crippen MR) is 131 cm³/mol. The van der Waals surface area contributed by atoms with Crippen LogP contribution in [0.25, 0.3) is 0 Å². The summed E-state index contributed by atoms with van der Waals surface area (Å²) in [4.78, 5) is 28.0. The first-order valence-electron chi connectivity index (χ1n) is 10.8. The van der Waals surface area contributed by atoms with Crippen LogP contribution in [0.15, 0.2) is 41.6 Å². The Hall–Kier alpha value is -1.83. The molecule has 2 rings (SSSR count). The van der Waals surface area contributed by atoms with Crippen molar-refractivity contribution >= 4 is 35.1 Å². The van der Waals surface area contributed by atoms with Gasteiger partial charge in [0, 0.05) is 38.8 Å². The summed E-state index contributed by atoms with van der Waals surface area (Å²) in [5.74, 6) is 1.21. The van der Waals surface area contributed by atoms with Crippen molar-refractivity contribution in [3.63, 3.8) is 0 Å². The average molecular weight is 464 g/mol. The van der Waals surface area contributed by atoms with Crippen LogP contribution in [0.5, 0.6) is 0 Å². The zero-order chi connectivity index (χ0) is 22.6. The summed E-state index contributed by atoms with van der Waals surface area (Å²) >= 11 is 7.69. The summed E-state index contributed by atoms with van der Waals surface area (Å²) < 4.78 is 0. The fourth-order valence-corrected chi connectivity index (χ4v) is 4.11. The van der Waals surface area contributed by atoms with Crippen LogP contribution in [-0.2, 0) is 11.3 Å². The lowest BCUT2D eigenvalue weighted by Gasteiger charge is -2.26. The maximum absolute atomic E-state index is 12.6. The minimum Gasteiger partial charge on any atom is -0.351 e. The smallest absolute Gasteiger partial charge is 0.233 e. The van der Waals surface area contributed by atoms with Crippen molar-refractivity contribution in [3.8, 4) is 0 Å². The van der Waals surface area contributed by atoms with Gasteiger partial charge in [0.05, 0.1) is 5.75 Å². The van der Waals surface area contributed by atoms with Crippen molar-refractivity contribution in [2.24, 2.45) is 0 Å². The summed E-state index contributed by atoms with van der Waals surface area (Å²) in [6.07, 6.45) is 1.91. The average Bonchev–Trinajstić information content (AvgIpc) is 2.75. The van der Waals surface area contributed by atoms with Gasteiger partial charge in [0.2, 0.25) is 5.91 Å². The molecule has 1 amide bonds. The molecule has 1 heterocycles. The van der Waals surface area contributed by atoms with Gasteiger partial charge in [0.15, 0.2) is 5.16 Å². The molecular weight excluding hydrogens is 430 g/mol. The Labute approximate surface area is 196 Å². The Bertz CT molecular complexity index is 800. The van der Waals surface area contributed by atoms with E-state index >= 15 is 0 Å². The molecule has 0 aliphatic heterocycles. The molecule has 0 radical (unpaired) electrons. The van der Waals surface area contributed by atoms with Crippen LogP contribution in [0.1, 0.15) is 32.3 Å². The van der Waals surface area contributed by atoms with E-state index in [1.165, 1.54) is 17.3 Å². The molecule has 31 heavy (non-hydrogen) atoms. The van der Waals surface area contributed by atoms with Gasteiger partial charge in [0.25, 0.3) is 0 Å². The normalized spacial score (nSPS) is 11.0. The number of thioether (sulfide) groups is 1. The van der Waals surface area contributed by atoms with E-state index < -0.39 is 0 Å². The van der Waals surface area contributed by atoms with Gasteiger partial charge in [-0.3, -0.25) is 4.79 Å². The quantitative estimate of drug-likeness (QED) is 0.248. The largest absolute Gasteiger partial charge is 0.351 e. The number of carbonyl (C=O) groups excluding carboxylic acids is 1. The third kappa shape index (κ3) is 9.05. The van der Waals surface area contributed by atoms with Gasteiger partial charge in [-0.25, -0.2) is 9.97 Å². The third-order valence-electron chi connectivity index (χ3n) is 4.68. The number of halogens is 1. The molecule has 0 aliphatic rings. The first-order valence-corrected chi connectivity index (χ1v) is 12.2. The molecule has 2 aromatic rings. The third-order valence-corrected chi connectivity index (χ3v) is 5.71. The van der Waals surface area contributed by atoms with Crippen LogP contribution < -0.4 is 4.90 Å². The Kier molecular flexibility index (Phi) is 11.1. The molecule has 1 aromatic carbocycles. The van der Waals surface area contributed by atoms with Gasteiger partial charge < -0.3 is 14.7 Å². The zero-order valence-corrected chi connectivity index (χ0v) is 20.6. The number of amides is 1. The summed E-state index contributed by atoms with van der Waals surface area (Å²) in [6, 6.07) is 12.1. The van der Waals surface area contributed by atoms with Gasteiger partial charge in [-0.1, -0.05) is 67.5 Å². The minimum atomic E-state index is 0.118. The number of anilines is 1. The number of carbonyl (C=O) groups is 1. The molecule has 0 saturated carbocycles. The minimum absolute atomic E-state index is 0.118. The molecule has 1 aromatic heterocycles. The van der Waals surface area contributed by atoms with Gasteiger partial charge >= 0.3 is 0 Å². The second-order valence-electron chi connectivity index (χ2n) is 7.71. The highest BCUT2D eigenvalue weighted by Crippen LogP contribution is 2.23. The molecule has 0 atom stereocenters.